The van der Waals surface area contributed by atoms with Crippen molar-refractivity contribution in [1.82, 2.24) is 10.2 Å². The highest BCUT2D eigenvalue weighted by Gasteiger charge is 2.27. The van der Waals surface area contributed by atoms with E-state index in [9.17, 15) is 9.59 Å². The maximum absolute atomic E-state index is 12.2. The number of hydrogen-bond acceptors (Lipinski definition) is 3. The number of hydrogen-bond donors (Lipinski definition) is 2. The molecule has 1 aliphatic rings. The molecule has 1 fully saturated rings. The highest BCUT2D eigenvalue weighted by molar-refractivity contribution is 5.80. The standard InChI is InChI=1S/C17H25N3O2/c1-13(18)11-16(21)20-9-7-15(8-10-20)17(22)19-12-14-5-3-2-4-6-14/h2-6,13,15H,7-12,18H2,1H3,(H,19,22). The van der Waals surface area contributed by atoms with Crippen molar-refractivity contribution in [2.45, 2.75) is 38.8 Å². The van der Waals surface area contributed by atoms with Gasteiger partial charge in [0.05, 0.1) is 0 Å². The maximum atomic E-state index is 12.2. The van der Waals surface area contributed by atoms with Crippen LogP contribution in [0.4, 0.5) is 0 Å². The molecule has 2 rings (SSSR count). The van der Waals surface area contributed by atoms with Crippen LogP contribution in [0.15, 0.2) is 30.3 Å². The van der Waals surface area contributed by atoms with Gasteiger partial charge in [-0.15, -0.1) is 0 Å². The lowest BCUT2D eigenvalue weighted by atomic mass is 9.95. The largest absolute Gasteiger partial charge is 0.352 e. The number of likely N-dealkylation sites (tertiary alicyclic amines) is 1. The van der Waals surface area contributed by atoms with Gasteiger partial charge in [-0.05, 0) is 25.3 Å². The Hall–Kier alpha value is -1.88. The Kier molecular flexibility index (Phi) is 5.95. The van der Waals surface area contributed by atoms with Crippen molar-refractivity contribution in [3.8, 4) is 0 Å². The molecule has 0 aliphatic carbocycles. The van der Waals surface area contributed by atoms with Crippen molar-refractivity contribution in [2.24, 2.45) is 11.7 Å². The van der Waals surface area contributed by atoms with Gasteiger partial charge in [-0.2, -0.15) is 0 Å². The number of amides is 2. The Balaban J connectivity index is 1.74. The molecule has 1 saturated heterocycles. The van der Waals surface area contributed by atoms with Gasteiger partial charge in [-0.3, -0.25) is 9.59 Å². The van der Waals surface area contributed by atoms with Crippen LogP contribution in [-0.4, -0.2) is 35.8 Å². The summed E-state index contributed by atoms with van der Waals surface area (Å²) >= 11 is 0. The van der Waals surface area contributed by atoms with Crippen LogP contribution >= 0.6 is 0 Å². The molecule has 0 spiro atoms. The minimum atomic E-state index is -0.112. The van der Waals surface area contributed by atoms with Crippen LogP contribution in [0, 0.1) is 5.92 Å². The minimum Gasteiger partial charge on any atom is -0.352 e. The lowest BCUT2D eigenvalue weighted by molar-refractivity contribution is -0.135. The molecule has 5 heteroatoms. The molecule has 1 aliphatic heterocycles. The third-order valence-corrected chi connectivity index (χ3v) is 4.02. The van der Waals surface area contributed by atoms with E-state index in [0.29, 0.717) is 26.1 Å². The van der Waals surface area contributed by atoms with Crippen LogP contribution in [0.5, 0.6) is 0 Å². The fraction of sp³-hybridized carbons (Fsp3) is 0.529. The van der Waals surface area contributed by atoms with Crippen LogP contribution in [0.2, 0.25) is 0 Å². The number of nitrogens with zero attached hydrogens (tertiary/aromatic N) is 1. The van der Waals surface area contributed by atoms with E-state index in [2.05, 4.69) is 5.32 Å². The highest BCUT2D eigenvalue weighted by Crippen LogP contribution is 2.18. The Morgan fingerprint density at radius 2 is 1.91 bits per heavy atom. The second-order valence-electron chi connectivity index (χ2n) is 6.04. The maximum Gasteiger partial charge on any atom is 0.224 e. The summed E-state index contributed by atoms with van der Waals surface area (Å²) in [6.07, 6.45) is 1.83. The molecule has 3 N–H and O–H groups in total. The molecule has 0 aromatic heterocycles. The van der Waals surface area contributed by atoms with Gasteiger partial charge in [0.1, 0.15) is 0 Å². The summed E-state index contributed by atoms with van der Waals surface area (Å²) in [6, 6.07) is 9.76. The zero-order valence-corrected chi connectivity index (χ0v) is 13.1. The van der Waals surface area contributed by atoms with E-state index in [1.807, 2.05) is 42.2 Å². The highest BCUT2D eigenvalue weighted by atomic mass is 16.2. The predicted molar refractivity (Wildman–Crippen MR) is 85.9 cm³/mol. The number of benzene rings is 1. The average Bonchev–Trinajstić information content (AvgIpc) is 2.53. The summed E-state index contributed by atoms with van der Waals surface area (Å²) in [6.45, 7) is 3.69. The van der Waals surface area contributed by atoms with Crippen molar-refractivity contribution in [3.63, 3.8) is 0 Å². The number of carbonyl (C=O) groups excluding carboxylic acids is 2. The van der Waals surface area contributed by atoms with Crippen molar-refractivity contribution < 1.29 is 9.59 Å². The lowest BCUT2D eigenvalue weighted by Gasteiger charge is -2.31. The Bertz CT molecular complexity index is 494. The summed E-state index contributed by atoms with van der Waals surface area (Å²) in [4.78, 5) is 26.0. The van der Waals surface area contributed by atoms with Gasteiger partial charge in [0.25, 0.3) is 0 Å². The van der Waals surface area contributed by atoms with Crippen LogP contribution < -0.4 is 11.1 Å². The number of nitrogens with two attached hydrogens (primary N) is 1. The predicted octanol–water partition coefficient (Wildman–Crippen LogP) is 1.28. The second-order valence-corrected chi connectivity index (χ2v) is 6.04. The molecular weight excluding hydrogens is 278 g/mol. The zero-order valence-electron chi connectivity index (χ0n) is 13.1. The molecule has 120 valence electrons. The van der Waals surface area contributed by atoms with Gasteiger partial charge in [-0.25, -0.2) is 0 Å². The molecule has 1 unspecified atom stereocenters. The first-order valence-electron chi connectivity index (χ1n) is 7.91. The fourth-order valence-electron chi connectivity index (χ4n) is 2.72. The van der Waals surface area contributed by atoms with Crippen molar-refractivity contribution in [2.75, 3.05) is 13.1 Å². The molecule has 1 atom stereocenters. The second kappa shape index (κ2) is 7.94. The first kappa shape index (κ1) is 16.5. The molecule has 0 bridgehead atoms. The lowest BCUT2D eigenvalue weighted by Crippen LogP contribution is -2.44. The SMILES string of the molecule is CC(N)CC(=O)N1CCC(C(=O)NCc2ccccc2)CC1. The molecule has 0 radical (unpaired) electrons. The molecular formula is C17H25N3O2. The fourth-order valence-corrected chi connectivity index (χ4v) is 2.72. The Labute approximate surface area is 131 Å². The van der Waals surface area contributed by atoms with Gasteiger partial charge in [0, 0.05) is 38.0 Å². The van der Waals surface area contributed by atoms with Crippen LogP contribution in [0.1, 0.15) is 31.7 Å². The molecule has 0 saturated carbocycles. The van der Waals surface area contributed by atoms with Gasteiger partial charge >= 0.3 is 0 Å². The third kappa shape index (κ3) is 4.84. The minimum absolute atomic E-state index is 0.00284. The molecule has 1 aromatic rings. The first-order valence-corrected chi connectivity index (χ1v) is 7.91. The summed E-state index contributed by atoms with van der Waals surface area (Å²) in [5.41, 5.74) is 6.76. The van der Waals surface area contributed by atoms with E-state index >= 15 is 0 Å². The normalized spacial score (nSPS) is 17.1. The van der Waals surface area contributed by atoms with Crippen LogP contribution in [0.3, 0.4) is 0 Å². The number of nitrogens with one attached hydrogen (secondary N) is 1. The van der Waals surface area contributed by atoms with Crippen molar-refractivity contribution in [1.29, 1.82) is 0 Å². The van der Waals surface area contributed by atoms with Crippen LogP contribution in [-0.2, 0) is 16.1 Å². The van der Waals surface area contributed by atoms with Gasteiger partial charge in [0.15, 0.2) is 0 Å². The smallest absolute Gasteiger partial charge is 0.224 e. The Morgan fingerprint density at radius 1 is 1.27 bits per heavy atom. The van der Waals surface area contributed by atoms with Gasteiger partial charge in [0.2, 0.25) is 11.8 Å². The van der Waals surface area contributed by atoms with Crippen molar-refractivity contribution in [3.05, 3.63) is 35.9 Å². The van der Waals surface area contributed by atoms with Gasteiger partial charge < -0.3 is 16.0 Å². The molecule has 1 aromatic carbocycles. The van der Waals surface area contributed by atoms with E-state index in [0.717, 1.165) is 18.4 Å². The molecule has 22 heavy (non-hydrogen) atoms. The monoisotopic (exact) mass is 303 g/mol. The van der Waals surface area contributed by atoms with E-state index in [4.69, 9.17) is 5.73 Å². The summed E-state index contributed by atoms with van der Waals surface area (Å²) in [7, 11) is 0. The van der Waals surface area contributed by atoms with Gasteiger partial charge in [-0.1, -0.05) is 30.3 Å². The Morgan fingerprint density at radius 3 is 2.50 bits per heavy atom. The topological polar surface area (TPSA) is 75.4 Å². The quantitative estimate of drug-likeness (QED) is 0.860. The van der Waals surface area contributed by atoms with E-state index in [-0.39, 0.29) is 23.8 Å². The summed E-state index contributed by atoms with van der Waals surface area (Å²) in [5.74, 6) is 0.185. The third-order valence-electron chi connectivity index (χ3n) is 4.02. The van der Waals surface area contributed by atoms with E-state index in [1.54, 1.807) is 0 Å². The molecule has 5 nitrogen and oxygen atoms in total. The molecule has 2 amide bonds. The number of piperidine rings is 1. The summed E-state index contributed by atoms with van der Waals surface area (Å²) in [5, 5.41) is 2.98. The van der Waals surface area contributed by atoms with E-state index in [1.165, 1.54) is 0 Å². The number of rotatable bonds is 5. The average molecular weight is 303 g/mol. The first-order chi connectivity index (χ1) is 10.6. The zero-order chi connectivity index (χ0) is 15.9. The molecule has 1 heterocycles. The summed E-state index contributed by atoms with van der Waals surface area (Å²) < 4.78 is 0. The van der Waals surface area contributed by atoms with Crippen molar-refractivity contribution >= 4 is 11.8 Å². The van der Waals surface area contributed by atoms with E-state index < -0.39 is 0 Å². The van der Waals surface area contributed by atoms with Crippen LogP contribution in [0.25, 0.3) is 0 Å². The number of carbonyl (C=O) groups is 2.